The first-order valence-electron chi connectivity index (χ1n) is 11.1. The van der Waals surface area contributed by atoms with Crippen molar-refractivity contribution in [1.29, 1.82) is 0 Å². The summed E-state index contributed by atoms with van der Waals surface area (Å²) in [5.41, 5.74) is 2.53. The SMILES string of the molecule is O=C(CN1CCc2ccccc21)N[C@H]1CN(C(=O)C2CCCC2)C[C@@H]1C1CC1. The van der Waals surface area contributed by atoms with Crippen molar-refractivity contribution in [2.75, 3.05) is 31.1 Å². The summed E-state index contributed by atoms with van der Waals surface area (Å²) < 4.78 is 0. The first-order chi connectivity index (χ1) is 13.7. The maximum atomic E-state index is 12.9. The second-order valence-electron chi connectivity index (χ2n) is 9.20. The molecule has 2 atom stereocenters. The number of para-hydroxylation sites is 1. The van der Waals surface area contributed by atoms with Crippen LogP contribution in [0.1, 0.15) is 44.1 Å². The largest absolute Gasteiger partial charge is 0.362 e. The summed E-state index contributed by atoms with van der Waals surface area (Å²) in [5.74, 6) is 1.81. The monoisotopic (exact) mass is 381 g/mol. The van der Waals surface area contributed by atoms with Gasteiger partial charge in [-0.1, -0.05) is 31.0 Å². The second-order valence-corrected chi connectivity index (χ2v) is 9.20. The highest BCUT2D eigenvalue weighted by Crippen LogP contribution is 2.42. The molecule has 5 nitrogen and oxygen atoms in total. The van der Waals surface area contributed by atoms with E-state index in [0.717, 1.165) is 32.4 Å². The van der Waals surface area contributed by atoms with Gasteiger partial charge in [0, 0.05) is 37.2 Å². The van der Waals surface area contributed by atoms with Crippen LogP contribution < -0.4 is 10.2 Å². The van der Waals surface area contributed by atoms with E-state index >= 15 is 0 Å². The molecule has 1 N–H and O–H groups in total. The van der Waals surface area contributed by atoms with Gasteiger partial charge in [0.05, 0.1) is 12.6 Å². The van der Waals surface area contributed by atoms with Gasteiger partial charge in [-0.2, -0.15) is 0 Å². The molecule has 1 aromatic carbocycles. The van der Waals surface area contributed by atoms with E-state index in [1.165, 1.54) is 36.9 Å². The predicted octanol–water partition coefficient (Wildman–Crippen LogP) is 2.59. The van der Waals surface area contributed by atoms with Crippen molar-refractivity contribution in [1.82, 2.24) is 10.2 Å². The second kappa shape index (κ2) is 7.41. The third-order valence-corrected chi connectivity index (χ3v) is 7.27. The quantitative estimate of drug-likeness (QED) is 0.853. The van der Waals surface area contributed by atoms with Crippen molar-refractivity contribution in [3.8, 4) is 0 Å². The fourth-order valence-electron chi connectivity index (χ4n) is 5.59. The van der Waals surface area contributed by atoms with Crippen LogP contribution in [0.4, 0.5) is 5.69 Å². The number of nitrogens with one attached hydrogen (secondary N) is 1. The molecule has 4 aliphatic rings. The van der Waals surface area contributed by atoms with E-state index in [1.54, 1.807) is 0 Å². The van der Waals surface area contributed by atoms with Gasteiger partial charge >= 0.3 is 0 Å². The fraction of sp³-hybridized carbons (Fsp3) is 0.652. The first kappa shape index (κ1) is 18.0. The lowest BCUT2D eigenvalue weighted by molar-refractivity contribution is -0.134. The molecule has 0 radical (unpaired) electrons. The summed E-state index contributed by atoms with van der Waals surface area (Å²) in [5, 5.41) is 3.31. The van der Waals surface area contributed by atoms with Crippen LogP contribution in [-0.2, 0) is 16.0 Å². The Bertz CT molecular complexity index is 754. The number of amides is 2. The number of likely N-dealkylation sites (tertiary alicyclic amines) is 1. The van der Waals surface area contributed by atoms with Crippen molar-refractivity contribution in [3.63, 3.8) is 0 Å². The Morgan fingerprint density at radius 1 is 1.04 bits per heavy atom. The maximum absolute atomic E-state index is 12.9. The molecule has 2 heterocycles. The first-order valence-corrected chi connectivity index (χ1v) is 11.1. The predicted molar refractivity (Wildman–Crippen MR) is 109 cm³/mol. The Labute approximate surface area is 167 Å². The van der Waals surface area contributed by atoms with Gasteiger partial charge in [0.1, 0.15) is 0 Å². The Morgan fingerprint density at radius 3 is 2.61 bits per heavy atom. The number of carbonyl (C=O) groups excluding carboxylic acids is 2. The molecule has 0 unspecified atom stereocenters. The van der Waals surface area contributed by atoms with Gasteiger partial charge in [-0.15, -0.1) is 0 Å². The third kappa shape index (κ3) is 3.51. The molecule has 2 amide bonds. The number of anilines is 1. The lowest BCUT2D eigenvalue weighted by Crippen LogP contribution is -2.46. The van der Waals surface area contributed by atoms with Gasteiger partial charge in [0.15, 0.2) is 0 Å². The zero-order chi connectivity index (χ0) is 19.1. The Hall–Kier alpha value is -2.04. The van der Waals surface area contributed by atoms with Crippen LogP contribution >= 0.6 is 0 Å². The van der Waals surface area contributed by atoms with Crippen LogP contribution in [0.5, 0.6) is 0 Å². The van der Waals surface area contributed by atoms with E-state index in [-0.39, 0.29) is 17.9 Å². The molecular formula is C23H31N3O2. The minimum Gasteiger partial charge on any atom is -0.362 e. The van der Waals surface area contributed by atoms with E-state index in [9.17, 15) is 9.59 Å². The number of rotatable bonds is 5. The van der Waals surface area contributed by atoms with Gasteiger partial charge in [0.25, 0.3) is 0 Å². The molecule has 0 aromatic heterocycles. The van der Waals surface area contributed by atoms with Gasteiger partial charge in [0.2, 0.25) is 11.8 Å². The topological polar surface area (TPSA) is 52.7 Å². The highest BCUT2D eigenvalue weighted by molar-refractivity contribution is 5.83. The van der Waals surface area contributed by atoms with Crippen LogP contribution in [0.25, 0.3) is 0 Å². The average Bonchev–Trinajstić information content (AvgIpc) is 3.10. The molecule has 2 saturated carbocycles. The summed E-state index contributed by atoms with van der Waals surface area (Å²) in [6.07, 6.45) is 8.00. The van der Waals surface area contributed by atoms with Gasteiger partial charge in [-0.3, -0.25) is 9.59 Å². The van der Waals surface area contributed by atoms with Crippen LogP contribution in [0, 0.1) is 17.8 Å². The number of hydrogen-bond donors (Lipinski definition) is 1. The van der Waals surface area contributed by atoms with Crippen LogP contribution in [-0.4, -0.2) is 48.9 Å². The van der Waals surface area contributed by atoms with Crippen molar-refractivity contribution >= 4 is 17.5 Å². The smallest absolute Gasteiger partial charge is 0.239 e. The molecule has 0 spiro atoms. The minimum atomic E-state index is 0.0996. The number of benzene rings is 1. The van der Waals surface area contributed by atoms with Crippen LogP contribution in [0.2, 0.25) is 0 Å². The number of fused-ring (bicyclic) bond motifs is 1. The Kier molecular flexibility index (Phi) is 4.77. The van der Waals surface area contributed by atoms with Crippen molar-refractivity contribution in [2.45, 2.75) is 51.0 Å². The standard InChI is InChI=1S/C23H31N3O2/c27-22(15-25-12-11-17-5-3-4-8-21(17)25)24-20-14-26(13-19(20)16-9-10-16)23(28)18-6-1-2-7-18/h3-5,8,16,18-20H,1-2,6-7,9-15H2,(H,24,27)/t19-,20+/m1/s1. The molecule has 2 aliphatic heterocycles. The molecule has 1 saturated heterocycles. The number of nitrogens with zero attached hydrogens (tertiary/aromatic N) is 2. The van der Waals surface area contributed by atoms with Crippen molar-refractivity contribution < 1.29 is 9.59 Å². The zero-order valence-corrected chi connectivity index (χ0v) is 16.6. The molecule has 28 heavy (non-hydrogen) atoms. The zero-order valence-electron chi connectivity index (χ0n) is 16.6. The van der Waals surface area contributed by atoms with Gasteiger partial charge < -0.3 is 15.1 Å². The summed E-state index contributed by atoms with van der Waals surface area (Å²) in [4.78, 5) is 30.0. The highest BCUT2D eigenvalue weighted by Gasteiger charge is 2.45. The van der Waals surface area contributed by atoms with Crippen LogP contribution in [0.3, 0.4) is 0 Å². The normalized spacial score (nSPS) is 27.3. The lowest BCUT2D eigenvalue weighted by atomic mass is 9.98. The van der Waals surface area contributed by atoms with Crippen molar-refractivity contribution in [3.05, 3.63) is 29.8 Å². The summed E-state index contributed by atoms with van der Waals surface area (Å²) in [6, 6.07) is 8.50. The van der Waals surface area contributed by atoms with E-state index in [4.69, 9.17) is 0 Å². The molecule has 1 aromatic rings. The molecule has 0 bridgehead atoms. The van der Waals surface area contributed by atoms with Gasteiger partial charge in [-0.25, -0.2) is 0 Å². The van der Waals surface area contributed by atoms with E-state index in [0.29, 0.717) is 30.8 Å². The van der Waals surface area contributed by atoms with Crippen molar-refractivity contribution in [2.24, 2.45) is 17.8 Å². The summed E-state index contributed by atoms with van der Waals surface area (Å²) in [7, 11) is 0. The number of hydrogen-bond acceptors (Lipinski definition) is 3. The van der Waals surface area contributed by atoms with Gasteiger partial charge in [-0.05, 0) is 49.7 Å². The molecular weight excluding hydrogens is 350 g/mol. The molecule has 5 rings (SSSR count). The van der Waals surface area contributed by atoms with E-state index in [1.807, 2.05) is 6.07 Å². The molecule has 2 aliphatic carbocycles. The number of carbonyl (C=O) groups is 2. The molecule has 3 fully saturated rings. The minimum absolute atomic E-state index is 0.0996. The lowest BCUT2D eigenvalue weighted by Gasteiger charge is -2.23. The Morgan fingerprint density at radius 2 is 1.82 bits per heavy atom. The highest BCUT2D eigenvalue weighted by atomic mass is 16.2. The van der Waals surface area contributed by atoms with E-state index < -0.39 is 0 Å². The third-order valence-electron chi connectivity index (χ3n) is 7.27. The Balaban J connectivity index is 1.21. The van der Waals surface area contributed by atoms with Crippen LogP contribution in [0.15, 0.2) is 24.3 Å². The fourth-order valence-corrected chi connectivity index (χ4v) is 5.59. The summed E-state index contributed by atoms with van der Waals surface area (Å²) in [6.45, 7) is 2.88. The molecule has 5 heteroatoms. The maximum Gasteiger partial charge on any atom is 0.239 e. The average molecular weight is 382 g/mol. The summed E-state index contributed by atoms with van der Waals surface area (Å²) >= 11 is 0. The van der Waals surface area contributed by atoms with E-state index in [2.05, 4.69) is 33.3 Å². The molecule has 150 valence electrons.